The van der Waals surface area contributed by atoms with Gasteiger partial charge in [-0.15, -0.1) is 0 Å². The van der Waals surface area contributed by atoms with E-state index in [0.717, 1.165) is 18.4 Å². The number of fused-ring (bicyclic) bond motifs is 1. The van der Waals surface area contributed by atoms with Crippen LogP contribution in [0.2, 0.25) is 0 Å². The zero-order valence-corrected chi connectivity index (χ0v) is 18.0. The minimum atomic E-state index is -0.185. The molecule has 1 aliphatic heterocycles. The fourth-order valence-corrected chi connectivity index (χ4v) is 4.50. The van der Waals surface area contributed by atoms with Gasteiger partial charge in [0.05, 0.1) is 25.5 Å². The van der Waals surface area contributed by atoms with Crippen molar-refractivity contribution in [3.8, 4) is 5.75 Å². The van der Waals surface area contributed by atoms with Gasteiger partial charge in [-0.05, 0) is 18.9 Å². The molecule has 9 nitrogen and oxygen atoms in total. The summed E-state index contributed by atoms with van der Waals surface area (Å²) in [4.78, 5) is 34.5. The minimum absolute atomic E-state index is 0.0333. The molecule has 0 unspecified atom stereocenters. The highest BCUT2D eigenvalue weighted by Gasteiger charge is 2.22. The van der Waals surface area contributed by atoms with E-state index in [2.05, 4.69) is 10.1 Å². The number of amides is 1. The number of H-pyrrole nitrogens is 1. The van der Waals surface area contributed by atoms with Crippen molar-refractivity contribution in [1.29, 1.82) is 0 Å². The molecule has 9 heteroatoms. The van der Waals surface area contributed by atoms with Gasteiger partial charge < -0.3 is 19.4 Å². The lowest BCUT2D eigenvalue weighted by Gasteiger charge is -2.26. The average Bonchev–Trinajstić information content (AvgIpc) is 3.49. The van der Waals surface area contributed by atoms with E-state index in [1.165, 1.54) is 12.8 Å². The molecule has 32 heavy (non-hydrogen) atoms. The van der Waals surface area contributed by atoms with Crippen molar-refractivity contribution in [2.45, 2.75) is 38.1 Å². The molecule has 5 rings (SSSR count). The molecule has 2 fully saturated rings. The van der Waals surface area contributed by atoms with E-state index in [0.29, 0.717) is 61.4 Å². The Balaban J connectivity index is 1.35. The number of morpholine rings is 1. The smallest absolute Gasteiger partial charge is 0.262 e. The molecule has 1 amide bonds. The Labute approximate surface area is 185 Å². The Bertz CT molecular complexity index is 1160. The lowest BCUT2D eigenvalue weighted by molar-refractivity contribution is -0.137. The molecule has 1 N–H and O–H groups in total. The summed E-state index contributed by atoms with van der Waals surface area (Å²) in [6.07, 6.45) is 6.48. The number of hydrogen-bond donors (Lipinski definition) is 1. The molecule has 2 aliphatic rings. The first-order chi connectivity index (χ1) is 15.7. The zero-order chi connectivity index (χ0) is 21.9. The van der Waals surface area contributed by atoms with Crippen LogP contribution >= 0.6 is 0 Å². The molecule has 3 aromatic rings. The quantitative estimate of drug-likeness (QED) is 0.633. The number of carbonyl (C=O) groups is 1. The predicted octanol–water partition coefficient (Wildman–Crippen LogP) is 2.06. The lowest BCUT2D eigenvalue weighted by atomic mass is 10.1. The van der Waals surface area contributed by atoms with Crippen molar-refractivity contribution in [2.24, 2.45) is 0 Å². The van der Waals surface area contributed by atoms with Gasteiger partial charge in [-0.3, -0.25) is 9.59 Å². The molecular formula is C23H27N5O4. The van der Waals surface area contributed by atoms with Gasteiger partial charge in [-0.2, -0.15) is 5.10 Å². The highest BCUT2D eigenvalue weighted by molar-refractivity contribution is 5.78. The third-order valence-electron chi connectivity index (χ3n) is 6.23. The largest absolute Gasteiger partial charge is 0.483 e. The van der Waals surface area contributed by atoms with Crippen LogP contribution in [0.15, 0.2) is 35.3 Å². The monoisotopic (exact) mass is 437 g/mol. The summed E-state index contributed by atoms with van der Waals surface area (Å²) >= 11 is 0. The first-order valence-electron chi connectivity index (χ1n) is 11.2. The van der Waals surface area contributed by atoms with E-state index in [1.807, 2.05) is 28.9 Å². The Kier molecular flexibility index (Phi) is 5.89. The molecule has 2 aromatic heterocycles. The molecular weight excluding hydrogens is 410 g/mol. The number of hydrogen-bond acceptors (Lipinski definition) is 6. The summed E-state index contributed by atoms with van der Waals surface area (Å²) in [6.45, 7) is 2.25. The Hall–Kier alpha value is -3.20. The maximum Gasteiger partial charge on any atom is 0.262 e. The van der Waals surface area contributed by atoms with E-state index in [-0.39, 0.29) is 18.1 Å². The number of ether oxygens (including phenoxy) is 2. The predicted molar refractivity (Wildman–Crippen MR) is 118 cm³/mol. The van der Waals surface area contributed by atoms with Gasteiger partial charge in [0.25, 0.3) is 11.5 Å². The Morgan fingerprint density at radius 2 is 1.97 bits per heavy atom. The van der Waals surface area contributed by atoms with Crippen molar-refractivity contribution >= 4 is 16.9 Å². The van der Waals surface area contributed by atoms with Gasteiger partial charge in [-0.1, -0.05) is 31.0 Å². The summed E-state index contributed by atoms with van der Waals surface area (Å²) in [5.41, 5.74) is 1.31. The molecule has 1 saturated carbocycles. The first-order valence-corrected chi connectivity index (χ1v) is 11.2. The third kappa shape index (κ3) is 4.25. The first kappa shape index (κ1) is 20.7. The molecule has 0 atom stereocenters. The number of nitrogens with one attached hydrogen (secondary N) is 1. The fraction of sp³-hybridized carbons (Fsp3) is 0.478. The fourth-order valence-electron chi connectivity index (χ4n) is 4.50. The highest BCUT2D eigenvalue weighted by Crippen LogP contribution is 2.30. The van der Waals surface area contributed by atoms with E-state index < -0.39 is 0 Å². The molecule has 0 spiro atoms. The van der Waals surface area contributed by atoms with Gasteiger partial charge >= 0.3 is 0 Å². The van der Waals surface area contributed by atoms with Gasteiger partial charge in [0.15, 0.2) is 12.3 Å². The van der Waals surface area contributed by atoms with Crippen LogP contribution in [0.1, 0.15) is 43.1 Å². The normalized spacial score (nSPS) is 17.2. The van der Waals surface area contributed by atoms with Crippen molar-refractivity contribution in [2.75, 3.05) is 32.9 Å². The number of benzene rings is 1. The SMILES string of the molecule is O=C(COc1ccccc1Cc1nc2c(cnn2C2CCCC2)c(=O)[nH]1)N1CCOCC1. The van der Waals surface area contributed by atoms with Crippen LogP contribution < -0.4 is 10.3 Å². The number of nitrogens with zero attached hydrogens (tertiary/aromatic N) is 4. The van der Waals surface area contributed by atoms with Crippen molar-refractivity contribution in [3.63, 3.8) is 0 Å². The molecule has 0 bridgehead atoms. The second kappa shape index (κ2) is 9.12. The maximum atomic E-state index is 12.7. The summed E-state index contributed by atoms with van der Waals surface area (Å²) in [6, 6.07) is 7.84. The number of aromatic nitrogens is 4. The van der Waals surface area contributed by atoms with Crippen molar-refractivity contribution in [3.05, 3.63) is 52.2 Å². The standard InChI is InChI=1S/C23H27N5O4/c29-21(27-9-11-31-12-10-27)15-32-19-8-4-1-5-16(19)13-20-25-22-18(23(30)26-20)14-24-28(22)17-6-2-3-7-17/h1,4-5,8,14,17H,2-3,6-7,9-13,15H2,(H,25,26,30). The van der Waals surface area contributed by atoms with Crippen LogP contribution in [-0.2, 0) is 16.0 Å². The lowest BCUT2D eigenvalue weighted by Crippen LogP contribution is -2.43. The van der Waals surface area contributed by atoms with Gasteiger partial charge in [0.1, 0.15) is 17.0 Å². The van der Waals surface area contributed by atoms with Crippen LogP contribution in [-0.4, -0.2) is 63.5 Å². The van der Waals surface area contributed by atoms with E-state index in [4.69, 9.17) is 14.5 Å². The molecule has 168 valence electrons. The third-order valence-corrected chi connectivity index (χ3v) is 6.23. The van der Waals surface area contributed by atoms with Crippen LogP contribution in [0.5, 0.6) is 5.75 Å². The summed E-state index contributed by atoms with van der Waals surface area (Å²) in [5, 5.41) is 4.97. The second-order valence-corrected chi connectivity index (χ2v) is 8.34. The van der Waals surface area contributed by atoms with E-state index >= 15 is 0 Å². The molecule has 1 aliphatic carbocycles. The molecule has 0 radical (unpaired) electrons. The number of rotatable bonds is 6. The Morgan fingerprint density at radius 3 is 2.78 bits per heavy atom. The molecule has 3 heterocycles. The van der Waals surface area contributed by atoms with Crippen molar-refractivity contribution in [1.82, 2.24) is 24.6 Å². The second-order valence-electron chi connectivity index (χ2n) is 8.34. The highest BCUT2D eigenvalue weighted by atomic mass is 16.5. The van der Waals surface area contributed by atoms with Crippen LogP contribution in [0, 0.1) is 0 Å². The summed E-state index contributed by atoms with van der Waals surface area (Å²) in [5.74, 6) is 1.11. The van der Waals surface area contributed by atoms with Gasteiger partial charge in [0, 0.05) is 25.1 Å². The summed E-state index contributed by atoms with van der Waals surface area (Å²) in [7, 11) is 0. The van der Waals surface area contributed by atoms with Gasteiger partial charge in [-0.25, -0.2) is 9.67 Å². The number of carbonyl (C=O) groups excluding carboxylic acids is 1. The molecule has 1 aromatic carbocycles. The average molecular weight is 438 g/mol. The maximum absolute atomic E-state index is 12.7. The van der Waals surface area contributed by atoms with Crippen LogP contribution in [0.25, 0.3) is 11.0 Å². The summed E-state index contributed by atoms with van der Waals surface area (Å²) < 4.78 is 13.1. The van der Waals surface area contributed by atoms with E-state index in [1.54, 1.807) is 11.1 Å². The minimum Gasteiger partial charge on any atom is -0.483 e. The zero-order valence-electron chi connectivity index (χ0n) is 18.0. The Morgan fingerprint density at radius 1 is 1.19 bits per heavy atom. The number of aromatic amines is 1. The molecule has 1 saturated heterocycles. The van der Waals surface area contributed by atoms with Crippen molar-refractivity contribution < 1.29 is 14.3 Å². The van der Waals surface area contributed by atoms with Crippen LogP contribution in [0.4, 0.5) is 0 Å². The topological polar surface area (TPSA) is 102 Å². The van der Waals surface area contributed by atoms with E-state index in [9.17, 15) is 9.59 Å². The van der Waals surface area contributed by atoms with Gasteiger partial charge in [0.2, 0.25) is 0 Å². The number of para-hydroxylation sites is 1. The van der Waals surface area contributed by atoms with Crippen LogP contribution in [0.3, 0.4) is 0 Å².